The van der Waals surface area contributed by atoms with E-state index in [0.29, 0.717) is 59.5 Å². The molecule has 268 valence electrons. The van der Waals surface area contributed by atoms with Crippen molar-refractivity contribution in [2.24, 2.45) is 5.92 Å². The first-order valence-corrected chi connectivity index (χ1v) is 19.1. The Bertz CT molecular complexity index is 1700. The van der Waals surface area contributed by atoms with Crippen LogP contribution in [-0.2, 0) is 26.6 Å². The van der Waals surface area contributed by atoms with Gasteiger partial charge in [-0.2, -0.15) is 11.8 Å². The predicted molar refractivity (Wildman–Crippen MR) is 192 cm³/mol. The molecule has 0 saturated carbocycles. The van der Waals surface area contributed by atoms with Gasteiger partial charge in [0.1, 0.15) is 28.8 Å². The van der Waals surface area contributed by atoms with Crippen LogP contribution in [0.4, 0.5) is 10.1 Å². The first kappa shape index (κ1) is 34.9. The Kier molecular flexibility index (Phi) is 11.3. The lowest BCUT2D eigenvalue weighted by Gasteiger charge is -2.41. The van der Waals surface area contributed by atoms with Gasteiger partial charge in [0, 0.05) is 55.3 Å². The summed E-state index contributed by atoms with van der Waals surface area (Å²) >= 11 is 1.76. The number of carbonyl (C=O) groups excluding carboxylic acids is 2. The first-order valence-electron chi connectivity index (χ1n) is 18.1. The van der Waals surface area contributed by atoms with Crippen LogP contribution in [0.25, 0.3) is 10.9 Å². The number of aromatic nitrogens is 2. The molecule has 7 rings (SSSR count). The van der Waals surface area contributed by atoms with Crippen molar-refractivity contribution >= 4 is 40.2 Å². The number of ether oxygens (including phenoxy) is 2. The molecular weight excluding hydrogens is 660 g/mol. The fraction of sp³-hybridized carbons (Fsp3) is 0.568. The summed E-state index contributed by atoms with van der Waals surface area (Å²) in [4.78, 5) is 48.7. The van der Waals surface area contributed by atoms with Gasteiger partial charge in [0.05, 0.1) is 17.9 Å². The number of fused-ring (bicyclic) bond motifs is 1. The summed E-state index contributed by atoms with van der Waals surface area (Å²) in [6, 6.07) is 11.5. The number of carbonyl (C=O) groups is 2. The van der Waals surface area contributed by atoms with E-state index in [0.717, 1.165) is 90.1 Å². The van der Waals surface area contributed by atoms with Crippen LogP contribution in [0.15, 0.2) is 41.2 Å². The number of H-pyrrole nitrogens is 1. The van der Waals surface area contributed by atoms with Gasteiger partial charge in [0.2, 0.25) is 11.8 Å². The molecule has 2 amide bonds. The smallest absolute Gasteiger partial charge is 0.261 e. The van der Waals surface area contributed by atoms with Gasteiger partial charge >= 0.3 is 0 Å². The van der Waals surface area contributed by atoms with Crippen LogP contribution in [0.1, 0.15) is 62.8 Å². The lowest BCUT2D eigenvalue weighted by molar-refractivity contribution is -0.133. The van der Waals surface area contributed by atoms with Crippen LogP contribution in [0, 0.1) is 11.7 Å². The number of aromatic amines is 1. The van der Waals surface area contributed by atoms with Crippen molar-refractivity contribution < 1.29 is 23.5 Å². The lowest BCUT2D eigenvalue weighted by atomic mass is 9.94. The van der Waals surface area contributed by atoms with Gasteiger partial charge in [0.15, 0.2) is 0 Å². The number of hydrogen-bond acceptors (Lipinski definition) is 10. The maximum atomic E-state index is 15.0. The molecule has 0 radical (unpaired) electrons. The zero-order valence-electron chi connectivity index (χ0n) is 28.5. The second-order valence-corrected chi connectivity index (χ2v) is 15.4. The summed E-state index contributed by atoms with van der Waals surface area (Å²) in [6.45, 7) is 7.15. The highest BCUT2D eigenvalue weighted by molar-refractivity contribution is 7.99. The second kappa shape index (κ2) is 16.2. The largest absolute Gasteiger partial charge is 0.493 e. The zero-order chi connectivity index (χ0) is 34.5. The van der Waals surface area contributed by atoms with Crippen molar-refractivity contribution in [3.05, 3.63) is 64.0 Å². The molecule has 4 aliphatic heterocycles. The van der Waals surface area contributed by atoms with E-state index in [9.17, 15) is 14.4 Å². The van der Waals surface area contributed by atoms with Crippen LogP contribution in [0.3, 0.4) is 0 Å². The molecule has 3 N–H and O–H groups in total. The van der Waals surface area contributed by atoms with E-state index in [4.69, 9.17) is 9.47 Å². The number of nitrogens with zero attached hydrogens (tertiary/aromatic N) is 3. The SMILES string of the molecule is O=C1CCC(Nc2ccc(CN3CCC(N4CCC(COc5cc(F)c6c(=O)[nH]c(CSC7CCOCC7)nc6c5)CC4)CC3)cc2)C(=O)N1. The van der Waals surface area contributed by atoms with Crippen molar-refractivity contribution in [1.29, 1.82) is 0 Å². The van der Waals surface area contributed by atoms with E-state index in [-0.39, 0.29) is 23.2 Å². The highest BCUT2D eigenvalue weighted by atomic mass is 32.2. The van der Waals surface area contributed by atoms with Crippen LogP contribution in [-0.4, -0.2) is 94.9 Å². The molecule has 5 heterocycles. The monoisotopic (exact) mass is 706 g/mol. The maximum absolute atomic E-state index is 15.0. The molecule has 0 aliphatic carbocycles. The molecule has 1 aromatic heterocycles. The normalized spacial score (nSPS) is 22.1. The number of likely N-dealkylation sites (tertiary alicyclic amines) is 2. The average molecular weight is 707 g/mol. The molecule has 13 heteroatoms. The van der Waals surface area contributed by atoms with E-state index >= 15 is 4.39 Å². The average Bonchev–Trinajstić information content (AvgIpc) is 3.12. The van der Waals surface area contributed by atoms with Crippen LogP contribution in [0.5, 0.6) is 5.75 Å². The fourth-order valence-corrected chi connectivity index (χ4v) is 8.63. The first-order chi connectivity index (χ1) is 24.4. The van der Waals surface area contributed by atoms with E-state index < -0.39 is 11.4 Å². The van der Waals surface area contributed by atoms with Gasteiger partial charge in [-0.05, 0) is 94.7 Å². The van der Waals surface area contributed by atoms with Gasteiger partial charge in [0.25, 0.3) is 5.56 Å². The van der Waals surface area contributed by atoms with Gasteiger partial charge in [-0.1, -0.05) is 12.1 Å². The van der Waals surface area contributed by atoms with E-state index in [2.05, 4.69) is 42.5 Å². The van der Waals surface area contributed by atoms with Crippen molar-refractivity contribution in [2.45, 2.75) is 81.0 Å². The molecule has 3 aromatic rings. The molecule has 4 aliphatic rings. The summed E-state index contributed by atoms with van der Waals surface area (Å²) in [7, 11) is 0. The van der Waals surface area contributed by atoms with Crippen molar-refractivity contribution in [3.8, 4) is 5.75 Å². The molecule has 4 fully saturated rings. The number of benzene rings is 2. The number of halogens is 1. The summed E-state index contributed by atoms with van der Waals surface area (Å²) < 4.78 is 26.6. The van der Waals surface area contributed by atoms with Gasteiger partial charge < -0.3 is 24.7 Å². The standard InChI is InChI=1S/C37H47FN6O5S/c38-30-19-28(20-32-35(30)37(47)41-33(40-32)23-50-29-11-17-48-18-12-29)49-22-25-7-15-44(16-8-25)27-9-13-43(14-10-27)21-24-1-3-26(4-2-24)39-31-5-6-34(45)42-36(31)46/h1-4,19-20,25,27,29,31,39H,5-18,21-23H2,(H,40,41,47)(H,42,45,46). The Labute approximate surface area is 296 Å². The molecule has 4 saturated heterocycles. The third kappa shape index (κ3) is 8.85. The lowest BCUT2D eigenvalue weighted by Crippen LogP contribution is -2.48. The van der Waals surface area contributed by atoms with Crippen LogP contribution >= 0.6 is 11.8 Å². The third-order valence-electron chi connectivity index (χ3n) is 10.6. The quantitative estimate of drug-likeness (QED) is 0.246. The molecule has 0 bridgehead atoms. The topological polar surface area (TPSA) is 129 Å². The Morgan fingerprint density at radius 1 is 0.960 bits per heavy atom. The second-order valence-electron chi connectivity index (χ2n) is 14.1. The molecule has 1 unspecified atom stereocenters. The minimum Gasteiger partial charge on any atom is -0.493 e. The number of anilines is 1. The van der Waals surface area contributed by atoms with Crippen molar-refractivity contribution in [2.75, 3.05) is 51.3 Å². The van der Waals surface area contributed by atoms with Crippen LogP contribution in [0.2, 0.25) is 0 Å². The molecule has 0 spiro atoms. The highest BCUT2D eigenvalue weighted by Crippen LogP contribution is 2.28. The number of amides is 2. The van der Waals surface area contributed by atoms with Gasteiger partial charge in [-0.25, -0.2) is 9.37 Å². The Morgan fingerprint density at radius 2 is 1.72 bits per heavy atom. The highest BCUT2D eigenvalue weighted by Gasteiger charge is 2.29. The third-order valence-corrected chi connectivity index (χ3v) is 11.9. The summed E-state index contributed by atoms with van der Waals surface area (Å²) in [5, 5.41) is 6.10. The number of hydrogen-bond donors (Lipinski definition) is 3. The van der Waals surface area contributed by atoms with E-state index in [1.54, 1.807) is 17.8 Å². The summed E-state index contributed by atoms with van der Waals surface area (Å²) in [5.74, 6) is 0.885. The number of thioether (sulfide) groups is 1. The number of rotatable bonds is 11. The Morgan fingerprint density at radius 3 is 2.46 bits per heavy atom. The number of piperidine rings is 3. The minimum atomic E-state index is -0.602. The van der Waals surface area contributed by atoms with Gasteiger partial charge in [-0.15, -0.1) is 0 Å². The number of imide groups is 1. The molecular formula is C37H47FN6O5S. The van der Waals surface area contributed by atoms with Crippen LogP contribution < -0.4 is 20.9 Å². The van der Waals surface area contributed by atoms with Gasteiger partial charge in [-0.3, -0.25) is 24.6 Å². The fourth-order valence-electron chi connectivity index (χ4n) is 7.58. The number of nitrogens with one attached hydrogen (secondary N) is 3. The summed E-state index contributed by atoms with van der Waals surface area (Å²) in [6.07, 6.45) is 7.23. The maximum Gasteiger partial charge on any atom is 0.261 e. The predicted octanol–water partition coefficient (Wildman–Crippen LogP) is 4.45. The van der Waals surface area contributed by atoms with Crippen molar-refractivity contribution in [1.82, 2.24) is 25.1 Å². The minimum absolute atomic E-state index is 0.0197. The van der Waals surface area contributed by atoms with E-state index in [1.807, 2.05) is 12.1 Å². The summed E-state index contributed by atoms with van der Waals surface area (Å²) in [5.41, 5.74) is 2.03. The zero-order valence-corrected chi connectivity index (χ0v) is 29.3. The van der Waals surface area contributed by atoms with Crippen molar-refractivity contribution in [3.63, 3.8) is 0 Å². The molecule has 11 nitrogen and oxygen atoms in total. The molecule has 50 heavy (non-hydrogen) atoms. The molecule has 1 atom stereocenters. The Hall–Kier alpha value is -3.52. The Balaban J connectivity index is 0.835. The van der Waals surface area contributed by atoms with E-state index in [1.165, 1.54) is 11.6 Å². The molecule has 2 aromatic carbocycles.